The van der Waals surface area contributed by atoms with Crippen LogP contribution in [-0.2, 0) is 14.8 Å². The first-order chi connectivity index (χ1) is 12.8. The summed E-state index contributed by atoms with van der Waals surface area (Å²) in [6.07, 6.45) is 0. The SMILES string of the molecule is Cc1cccc(N2CCN(C(=O)CNS(=O)(=O)c3ccc(F)cc3)CC2)c1. The van der Waals surface area contributed by atoms with Crippen molar-refractivity contribution in [1.29, 1.82) is 0 Å². The third-order valence-corrected chi connectivity index (χ3v) is 5.95. The van der Waals surface area contributed by atoms with Crippen molar-refractivity contribution in [3.8, 4) is 0 Å². The van der Waals surface area contributed by atoms with Crippen molar-refractivity contribution in [2.45, 2.75) is 11.8 Å². The van der Waals surface area contributed by atoms with Crippen molar-refractivity contribution in [3.05, 3.63) is 59.9 Å². The molecule has 1 N–H and O–H groups in total. The molecular formula is C19H22FN3O3S. The molecule has 27 heavy (non-hydrogen) atoms. The summed E-state index contributed by atoms with van der Waals surface area (Å²) in [5.74, 6) is -0.791. The fourth-order valence-electron chi connectivity index (χ4n) is 3.00. The number of hydrogen-bond acceptors (Lipinski definition) is 4. The van der Waals surface area contributed by atoms with Crippen LogP contribution in [-0.4, -0.2) is 51.9 Å². The van der Waals surface area contributed by atoms with Crippen LogP contribution < -0.4 is 9.62 Å². The van der Waals surface area contributed by atoms with E-state index in [0.29, 0.717) is 26.2 Å². The van der Waals surface area contributed by atoms with Crippen LogP contribution in [0.4, 0.5) is 10.1 Å². The Morgan fingerprint density at radius 1 is 1.07 bits per heavy atom. The standard InChI is InChI=1S/C19H22FN3O3S/c1-15-3-2-4-17(13-15)22-9-11-23(12-10-22)19(24)14-21-27(25,26)18-7-5-16(20)6-8-18/h2-8,13,21H,9-12,14H2,1H3. The summed E-state index contributed by atoms with van der Waals surface area (Å²) in [6.45, 7) is 4.18. The second kappa shape index (κ2) is 8.06. The first kappa shape index (κ1) is 19.3. The lowest BCUT2D eigenvalue weighted by Crippen LogP contribution is -2.51. The second-order valence-corrected chi connectivity index (χ2v) is 8.25. The van der Waals surface area contributed by atoms with Crippen LogP contribution in [0.3, 0.4) is 0 Å². The number of amides is 1. The topological polar surface area (TPSA) is 69.7 Å². The summed E-state index contributed by atoms with van der Waals surface area (Å²) in [5.41, 5.74) is 2.31. The minimum atomic E-state index is -3.84. The highest BCUT2D eigenvalue weighted by Gasteiger charge is 2.23. The second-order valence-electron chi connectivity index (χ2n) is 6.49. The van der Waals surface area contributed by atoms with Crippen LogP contribution in [0.5, 0.6) is 0 Å². The predicted molar refractivity (Wildman–Crippen MR) is 102 cm³/mol. The molecule has 0 radical (unpaired) electrons. The van der Waals surface area contributed by atoms with Gasteiger partial charge in [-0.25, -0.2) is 17.5 Å². The fraction of sp³-hybridized carbons (Fsp3) is 0.316. The maximum Gasteiger partial charge on any atom is 0.241 e. The number of nitrogens with one attached hydrogen (secondary N) is 1. The van der Waals surface area contributed by atoms with Crippen LogP contribution in [0.2, 0.25) is 0 Å². The molecule has 1 amide bonds. The molecule has 0 saturated carbocycles. The molecule has 0 spiro atoms. The van der Waals surface area contributed by atoms with Gasteiger partial charge >= 0.3 is 0 Å². The molecule has 144 valence electrons. The molecule has 8 heteroatoms. The lowest BCUT2D eigenvalue weighted by Gasteiger charge is -2.36. The van der Waals surface area contributed by atoms with E-state index in [1.807, 2.05) is 25.1 Å². The van der Waals surface area contributed by atoms with Crippen molar-refractivity contribution in [2.24, 2.45) is 0 Å². The number of benzene rings is 2. The summed E-state index contributed by atoms with van der Waals surface area (Å²) >= 11 is 0. The lowest BCUT2D eigenvalue weighted by atomic mass is 10.2. The summed E-state index contributed by atoms with van der Waals surface area (Å²) in [6, 6.07) is 12.7. The lowest BCUT2D eigenvalue weighted by molar-refractivity contribution is -0.130. The van der Waals surface area contributed by atoms with Crippen molar-refractivity contribution in [2.75, 3.05) is 37.6 Å². The Kier molecular flexibility index (Phi) is 5.76. The number of nitrogens with zero attached hydrogens (tertiary/aromatic N) is 2. The van der Waals surface area contributed by atoms with Gasteiger partial charge in [0.2, 0.25) is 15.9 Å². The molecule has 0 unspecified atom stereocenters. The molecule has 0 aromatic heterocycles. The third kappa shape index (κ3) is 4.84. The van der Waals surface area contributed by atoms with E-state index in [9.17, 15) is 17.6 Å². The highest BCUT2D eigenvalue weighted by Crippen LogP contribution is 2.18. The van der Waals surface area contributed by atoms with Crippen molar-refractivity contribution in [1.82, 2.24) is 9.62 Å². The molecule has 6 nitrogen and oxygen atoms in total. The number of halogens is 1. The zero-order valence-corrected chi connectivity index (χ0v) is 15.9. The molecule has 0 aliphatic carbocycles. The van der Waals surface area contributed by atoms with Gasteiger partial charge in [-0.1, -0.05) is 12.1 Å². The summed E-state index contributed by atoms with van der Waals surface area (Å²) in [5, 5.41) is 0. The van der Waals surface area contributed by atoms with Gasteiger partial charge in [-0.2, -0.15) is 0 Å². The van der Waals surface area contributed by atoms with Crippen molar-refractivity contribution in [3.63, 3.8) is 0 Å². The fourth-order valence-corrected chi connectivity index (χ4v) is 3.98. The number of carbonyl (C=O) groups is 1. The van der Waals surface area contributed by atoms with Gasteiger partial charge in [-0.15, -0.1) is 0 Å². The number of anilines is 1. The highest BCUT2D eigenvalue weighted by atomic mass is 32.2. The van der Waals surface area contributed by atoms with Crippen LogP contribution in [0.15, 0.2) is 53.4 Å². The normalized spacial score (nSPS) is 15.0. The smallest absolute Gasteiger partial charge is 0.241 e. The maximum atomic E-state index is 12.9. The Labute approximate surface area is 158 Å². The number of rotatable bonds is 5. The van der Waals surface area contributed by atoms with E-state index >= 15 is 0 Å². The average molecular weight is 391 g/mol. The predicted octanol–water partition coefficient (Wildman–Crippen LogP) is 1.76. The van der Waals surface area contributed by atoms with Crippen LogP contribution in [0.1, 0.15) is 5.56 Å². The Bertz CT molecular complexity index is 908. The van der Waals surface area contributed by atoms with Crippen LogP contribution in [0, 0.1) is 12.7 Å². The Morgan fingerprint density at radius 3 is 2.37 bits per heavy atom. The van der Waals surface area contributed by atoms with Gasteiger partial charge in [0.25, 0.3) is 0 Å². The quantitative estimate of drug-likeness (QED) is 0.843. The van der Waals surface area contributed by atoms with Crippen LogP contribution >= 0.6 is 0 Å². The number of carbonyl (C=O) groups excluding carboxylic acids is 1. The first-order valence-corrected chi connectivity index (χ1v) is 10.2. The first-order valence-electron chi connectivity index (χ1n) is 8.70. The summed E-state index contributed by atoms with van der Waals surface area (Å²) in [7, 11) is -3.84. The molecule has 1 aliphatic rings. The van der Waals surface area contributed by atoms with Gasteiger partial charge in [0.05, 0.1) is 11.4 Å². The number of hydrogen-bond donors (Lipinski definition) is 1. The molecule has 0 bridgehead atoms. The average Bonchev–Trinajstić information content (AvgIpc) is 2.67. The van der Waals surface area contributed by atoms with Gasteiger partial charge in [0.1, 0.15) is 5.82 Å². The monoisotopic (exact) mass is 391 g/mol. The summed E-state index contributed by atoms with van der Waals surface area (Å²) < 4.78 is 39.6. The van der Waals surface area contributed by atoms with E-state index in [1.54, 1.807) is 4.90 Å². The van der Waals surface area contributed by atoms with Gasteiger partial charge in [-0.3, -0.25) is 4.79 Å². The van der Waals surface area contributed by atoms with E-state index in [1.165, 1.54) is 17.7 Å². The van der Waals surface area contributed by atoms with E-state index in [-0.39, 0.29) is 17.3 Å². The zero-order chi connectivity index (χ0) is 19.4. The van der Waals surface area contributed by atoms with Crippen molar-refractivity contribution >= 4 is 21.6 Å². The molecule has 1 aliphatic heterocycles. The van der Waals surface area contributed by atoms with Gasteiger partial charge in [0.15, 0.2) is 0 Å². The highest BCUT2D eigenvalue weighted by molar-refractivity contribution is 7.89. The molecule has 2 aromatic rings. The van der Waals surface area contributed by atoms with Crippen molar-refractivity contribution < 1.29 is 17.6 Å². The molecule has 0 atom stereocenters. The number of sulfonamides is 1. The van der Waals surface area contributed by atoms with Crippen LogP contribution in [0.25, 0.3) is 0 Å². The Morgan fingerprint density at radius 2 is 1.74 bits per heavy atom. The molecular weight excluding hydrogens is 369 g/mol. The van der Waals surface area contributed by atoms with E-state index in [0.717, 1.165) is 17.8 Å². The van der Waals surface area contributed by atoms with Gasteiger partial charge in [0, 0.05) is 31.9 Å². The minimum Gasteiger partial charge on any atom is -0.368 e. The van der Waals surface area contributed by atoms with Gasteiger partial charge in [-0.05, 0) is 48.9 Å². The Hall–Kier alpha value is -2.45. The number of aryl methyl sites for hydroxylation is 1. The van der Waals surface area contributed by atoms with E-state index < -0.39 is 15.8 Å². The van der Waals surface area contributed by atoms with Gasteiger partial charge < -0.3 is 9.80 Å². The third-order valence-electron chi connectivity index (χ3n) is 4.54. The molecule has 1 saturated heterocycles. The van der Waals surface area contributed by atoms with E-state index in [4.69, 9.17) is 0 Å². The minimum absolute atomic E-state index is 0.0685. The molecule has 1 fully saturated rings. The zero-order valence-electron chi connectivity index (χ0n) is 15.1. The molecule has 1 heterocycles. The molecule has 3 rings (SSSR count). The maximum absolute atomic E-state index is 12.9. The number of piperazine rings is 1. The molecule has 2 aromatic carbocycles. The summed E-state index contributed by atoms with van der Waals surface area (Å²) in [4.78, 5) is 16.1. The Balaban J connectivity index is 1.53. The largest absolute Gasteiger partial charge is 0.368 e. The van der Waals surface area contributed by atoms with E-state index in [2.05, 4.69) is 15.7 Å².